The summed E-state index contributed by atoms with van der Waals surface area (Å²) in [6.07, 6.45) is -2.52. The summed E-state index contributed by atoms with van der Waals surface area (Å²) in [5.41, 5.74) is -0.579. The van der Waals surface area contributed by atoms with Gasteiger partial charge in [-0.2, -0.15) is 13.2 Å². The van der Waals surface area contributed by atoms with Crippen molar-refractivity contribution in [2.24, 2.45) is 17.8 Å². The number of rotatable bonds is 5. The molecule has 5 rings (SSSR count). The number of hydrogen-bond donors (Lipinski definition) is 2. The Kier molecular flexibility index (Phi) is 6.14. The molecule has 36 heavy (non-hydrogen) atoms. The molecule has 2 aliphatic carbocycles. The van der Waals surface area contributed by atoms with Crippen LogP contribution in [0.25, 0.3) is 10.2 Å². The van der Waals surface area contributed by atoms with E-state index >= 15 is 0 Å². The number of methoxy groups -OCH3 is 1. The minimum absolute atomic E-state index is 0.00817. The molecule has 11 heteroatoms. The molecule has 3 aromatic rings. The molecule has 1 aromatic heterocycles. The van der Waals surface area contributed by atoms with Crippen LogP contribution in [0.3, 0.4) is 0 Å². The average Bonchev–Trinajstić information content (AvgIpc) is 3.52. The number of halogens is 4. The average molecular weight is 522 g/mol. The van der Waals surface area contributed by atoms with Gasteiger partial charge in [0.1, 0.15) is 17.1 Å². The summed E-state index contributed by atoms with van der Waals surface area (Å²) in [6, 6.07) is 5.33. The Morgan fingerprint density at radius 1 is 1.14 bits per heavy atom. The van der Waals surface area contributed by atoms with Gasteiger partial charge in [-0.15, -0.1) is 11.3 Å². The highest BCUT2D eigenvalue weighted by Gasteiger charge is 2.51. The van der Waals surface area contributed by atoms with Crippen LogP contribution in [-0.4, -0.2) is 29.9 Å². The number of thiazole rings is 1. The first-order chi connectivity index (χ1) is 17.1. The van der Waals surface area contributed by atoms with Gasteiger partial charge in [-0.3, -0.25) is 9.59 Å². The Labute approximate surface area is 208 Å². The lowest BCUT2D eigenvalue weighted by molar-refractivity contribution is -0.140. The highest BCUT2D eigenvalue weighted by atomic mass is 32.1. The molecule has 2 aliphatic rings. The highest BCUT2D eigenvalue weighted by Crippen LogP contribution is 2.49. The van der Waals surface area contributed by atoms with E-state index < -0.39 is 41.3 Å². The van der Waals surface area contributed by atoms with Gasteiger partial charge in [0.15, 0.2) is 0 Å². The molecule has 4 unspecified atom stereocenters. The number of ether oxygens (including phenoxy) is 1. The van der Waals surface area contributed by atoms with E-state index in [4.69, 9.17) is 4.74 Å². The lowest BCUT2D eigenvalue weighted by Crippen LogP contribution is -2.48. The van der Waals surface area contributed by atoms with E-state index in [0.717, 1.165) is 30.3 Å². The number of carbonyl (C=O) groups is 2. The van der Waals surface area contributed by atoms with Crippen LogP contribution in [0.1, 0.15) is 40.2 Å². The van der Waals surface area contributed by atoms with Gasteiger partial charge in [-0.1, -0.05) is 0 Å². The minimum Gasteiger partial charge on any atom is -0.496 e. The van der Waals surface area contributed by atoms with E-state index in [1.165, 1.54) is 18.4 Å². The van der Waals surface area contributed by atoms with Gasteiger partial charge in [0.2, 0.25) is 5.91 Å². The number of hydrogen-bond acceptors (Lipinski definition) is 5. The van der Waals surface area contributed by atoms with E-state index in [0.29, 0.717) is 33.7 Å². The lowest BCUT2D eigenvalue weighted by Gasteiger charge is -2.31. The van der Waals surface area contributed by atoms with Crippen molar-refractivity contribution in [1.29, 1.82) is 0 Å². The van der Waals surface area contributed by atoms with Gasteiger partial charge >= 0.3 is 6.18 Å². The fraction of sp³-hybridized carbons (Fsp3) is 0.400. The zero-order valence-corrected chi connectivity index (χ0v) is 20.2. The second kappa shape index (κ2) is 9.02. The zero-order chi connectivity index (χ0) is 25.8. The first-order valence-corrected chi connectivity index (χ1v) is 12.3. The largest absolute Gasteiger partial charge is 0.496 e. The van der Waals surface area contributed by atoms with Crippen LogP contribution in [0.5, 0.6) is 5.75 Å². The molecule has 6 nitrogen and oxygen atoms in total. The summed E-state index contributed by atoms with van der Waals surface area (Å²) in [5.74, 6) is -2.47. The summed E-state index contributed by atoms with van der Waals surface area (Å²) in [7, 11) is 1.47. The monoisotopic (exact) mass is 521 g/mol. The van der Waals surface area contributed by atoms with Crippen LogP contribution >= 0.6 is 11.3 Å². The Hall–Kier alpha value is -3.21. The molecule has 0 aliphatic heterocycles. The fourth-order valence-corrected chi connectivity index (χ4v) is 6.57. The predicted molar refractivity (Wildman–Crippen MR) is 127 cm³/mol. The minimum atomic E-state index is -4.89. The van der Waals surface area contributed by atoms with Gasteiger partial charge in [0, 0.05) is 11.7 Å². The molecule has 1 heterocycles. The molecular weight excluding hydrogens is 498 g/mol. The summed E-state index contributed by atoms with van der Waals surface area (Å²) in [4.78, 5) is 31.2. The van der Waals surface area contributed by atoms with Crippen LogP contribution in [0.15, 0.2) is 30.3 Å². The third-order valence-corrected chi connectivity index (χ3v) is 8.13. The quantitative estimate of drug-likeness (QED) is 0.431. The first-order valence-electron chi connectivity index (χ1n) is 11.5. The molecular formula is C25H23F4N3O3S. The number of amides is 2. The van der Waals surface area contributed by atoms with Gasteiger partial charge < -0.3 is 15.4 Å². The maximum Gasteiger partial charge on any atom is 0.419 e. The van der Waals surface area contributed by atoms with Crippen LogP contribution < -0.4 is 15.4 Å². The normalized spacial score (nSPS) is 23.2. The topological polar surface area (TPSA) is 80.3 Å². The molecule has 2 N–H and O–H groups in total. The van der Waals surface area contributed by atoms with E-state index in [-0.39, 0.29) is 17.5 Å². The number of aromatic nitrogens is 1. The Morgan fingerprint density at radius 3 is 2.61 bits per heavy atom. The van der Waals surface area contributed by atoms with Crippen molar-refractivity contribution in [3.05, 3.63) is 52.3 Å². The summed E-state index contributed by atoms with van der Waals surface area (Å²) < 4.78 is 59.1. The third kappa shape index (κ3) is 4.29. The van der Waals surface area contributed by atoms with E-state index in [9.17, 15) is 27.2 Å². The maximum atomic E-state index is 13.7. The van der Waals surface area contributed by atoms with Crippen LogP contribution in [-0.2, 0) is 11.0 Å². The number of nitrogens with zero attached hydrogens (tertiary/aromatic N) is 1. The van der Waals surface area contributed by atoms with Gasteiger partial charge in [-0.25, -0.2) is 9.37 Å². The number of benzene rings is 2. The van der Waals surface area contributed by atoms with Crippen molar-refractivity contribution >= 4 is 39.1 Å². The van der Waals surface area contributed by atoms with Gasteiger partial charge in [0.25, 0.3) is 5.91 Å². The van der Waals surface area contributed by atoms with Crippen molar-refractivity contribution in [3.8, 4) is 5.75 Å². The molecule has 0 spiro atoms. The van der Waals surface area contributed by atoms with Crippen molar-refractivity contribution in [2.75, 3.05) is 12.4 Å². The summed E-state index contributed by atoms with van der Waals surface area (Å²) >= 11 is 1.37. The smallest absolute Gasteiger partial charge is 0.419 e. The van der Waals surface area contributed by atoms with Crippen LogP contribution in [0.2, 0.25) is 0 Å². The molecule has 4 atom stereocenters. The van der Waals surface area contributed by atoms with E-state index in [2.05, 4.69) is 15.6 Å². The highest BCUT2D eigenvalue weighted by molar-refractivity contribution is 7.19. The lowest BCUT2D eigenvalue weighted by atomic mass is 9.83. The Balaban J connectivity index is 1.41. The summed E-state index contributed by atoms with van der Waals surface area (Å²) in [6.45, 7) is 1.84. The number of nitrogens with one attached hydrogen (secondary N) is 2. The molecule has 190 valence electrons. The number of aryl methyl sites for hydroxylation is 1. The molecule has 2 saturated carbocycles. The molecule has 0 saturated heterocycles. The molecule has 2 bridgehead atoms. The van der Waals surface area contributed by atoms with E-state index in [1.54, 1.807) is 12.1 Å². The SMILES string of the molecule is COc1ccc2nc(C)sc2c1C(=O)NC1C2CCC(C2)C1C(=O)Nc1ccc(F)c(C(F)(F)F)c1. The van der Waals surface area contributed by atoms with Crippen molar-refractivity contribution in [1.82, 2.24) is 10.3 Å². The number of fused-ring (bicyclic) bond motifs is 3. The number of carbonyl (C=O) groups excluding carboxylic acids is 2. The van der Waals surface area contributed by atoms with Gasteiger partial charge in [-0.05, 0) is 68.4 Å². The van der Waals surface area contributed by atoms with Crippen molar-refractivity contribution < 1.29 is 31.9 Å². The molecule has 2 fully saturated rings. The zero-order valence-electron chi connectivity index (χ0n) is 19.4. The third-order valence-electron chi connectivity index (χ3n) is 7.13. The number of anilines is 1. The van der Waals surface area contributed by atoms with Crippen LogP contribution in [0.4, 0.5) is 23.2 Å². The predicted octanol–water partition coefficient (Wildman–Crippen LogP) is 5.55. The standard InChI is InChI=1S/C25H23F4N3O3S/c1-11-30-17-7-8-18(35-2)20(22(17)36-11)24(34)32-21-13-4-3-12(9-13)19(21)23(33)31-14-5-6-16(26)15(10-14)25(27,28)29/h5-8,10,12-13,19,21H,3-4,9H2,1-2H3,(H,31,33)(H,32,34). The second-order valence-corrected chi connectivity index (χ2v) is 10.5. The van der Waals surface area contributed by atoms with E-state index in [1.807, 2.05) is 6.92 Å². The maximum absolute atomic E-state index is 13.7. The van der Waals surface area contributed by atoms with Crippen LogP contribution in [0, 0.1) is 30.5 Å². The van der Waals surface area contributed by atoms with Gasteiger partial charge in [0.05, 0.1) is 33.8 Å². The molecule has 2 aromatic carbocycles. The second-order valence-electron chi connectivity index (χ2n) is 9.26. The number of alkyl halides is 3. The Morgan fingerprint density at radius 2 is 1.89 bits per heavy atom. The Bertz CT molecular complexity index is 1360. The van der Waals surface area contributed by atoms with Crippen molar-refractivity contribution in [3.63, 3.8) is 0 Å². The summed E-state index contributed by atoms with van der Waals surface area (Å²) in [5, 5.41) is 6.33. The molecule has 0 radical (unpaired) electrons. The fourth-order valence-electron chi connectivity index (χ4n) is 5.62. The molecule has 2 amide bonds. The first kappa shape index (κ1) is 24.5. The van der Waals surface area contributed by atoms with Crippen molar-refractivity contribution in [2.45, 2.75) is 38.4 Å².